The molecule has 0 rings (SSSR count). The fourth-order valence-electron chi connectivity index (χ4n) is 1.47. The van der Waals surface area contributed by atoms with E-state index in [0.717, 1.165) is 19.6 Å². The maximum Gasteiger partial charge on any atom is 0.333 e. The van der Waals surface area contributed by atoms with Crippen LogP contribution in [0.25, 0.3) is 0 Å². The van der Waals surface area contributed by atoms with Crippen LogP contribution in [-0.2, 0) is 23.8 Å². The van der Waals surface area contributed by atoms with Crippen LogP contribution in [0.15, 0.2) is 12.2 Å². The van der Waals surface area contributed by atoms with Gasteiger partial charge in [0.1, 0.15) is 13.2 Å². The van der Waals surface area contributed by atoms with Crippen LogP contribution >= 0.6 is 0 Å². The molecule has 0 N–H and O–H groups in total. The summed E-state index contributed by atoms with van der Waals surface area (Å²) in [5, 5.41) is 0. The minimum atomic E-state index is -0.436. The molecule has 0 atom stereocenters. The lowest BCUT2D eigenvalue weighted by molar-refractivity contribution is -0.146. The standard InChI is InChI=1S/C15H27NO5/c1-5-16(6-2)8-10-20-14(17)7-9-19-11-12-21-15(18)13(3)4/h3,5-12H2,1-2,4H3. The van der Waals surface area contributed by atoms with Gasteiger partial charge in [-0.15, -0.1) is 0 Å². The molecule has 6 heteroatoms. The lowest BCUT2D eigenvalue weighted by Gasteiger charge is -2.17. The van der Waals surface area contributed by atoms with Gasteiger partial charge >= 0.3 is 11.9 Å². The van der Waals surface area contributed by atoms with Crippen molar-refractivity contribution in [2.75, 3.05) is 46.1 Å². The Morgan fingerprint density at radius 3 is 2.24 bits per heavy atom. The Balaban J connectivity index is 3.46. The highest BCUT2D eigenvalue weighted by Crippen LogP contribution is 1.94. The van der Waals surface area contributed by atoms with E-state index in [1.165, 1.54) is 0 Å². The van der Waals surface area contributed by atoms with Gasteiger partial charge in [-0.25, -0.2) is 4.79 Å². The normalized spacial score (nSPS) is 10.5. The van der Waals surface area contributed by atoms with E-state index in [9.17, 15) is 9.59 Å². The molecule has 0 amide bonds. The molecule has 0 saturated carbocycles. The lowest BCUT2D eigenvalue weighted by atomic mass is 10.4. The number of hydrogen-bond acceptors (Lipinski definition) is 6. The number of hydrogen-bond donors (Lipinski definition) is 0. The highest BCUT2D eigenvalue weighted by molar-refractivity contribution is 5.86. The molecular formula is C15H27NO5. The van der Waals surface area contributed by atoms with Crippen LogP contribution in [0.2, 0.25) is 0 Å². The van der Waals surface area contributed by atoms with Gasteiger partial charge in [0.15, 0.2) is 0 Å². The topological polar surface area (TPSA) is 65.1 Å². The van der Waals surface area contributed by atoms with Crippen molar-refractivity contribution in [2.45, 2.75) is 27.2 Å². The van der Waals surface area contributed by atoms with Crippen molar-refractivity contribution in [3.63, 3.8) is 0 Å². The summed E-state index contributed by atoms with van der Waals surface area (Å²) in [6.07, 6.45) is 0.201. The fraction of sp³-hybridized carbons (Fsp3) is 0.733. The molecule has 0 aromatic carbocycles. The van der Waals surface area contributed by atoms with Gasteiger partial charge in [-0.1, -0.05) is 20.4 Å². The highest BCUT2D eigenvalue weighted by atomic mass is 16.6. The van der Waals surface area contributed by atoms with Gasteiger partial charge < -0.3 is 19.1 Å². The average Bonchev–Trinajstić information content (AvgIpc) is 2.46. The zero-order valence-electron chi connectivity index (χ0n) is 13.4. The first-order valence-corrected chi connectivity index (χ1v) is 7.29. The van der Waals surface area contributed by atoms with Crippen LogP contribution < -0.4 is 0 Å². The zero-order chi connectivity index (χ0) is 16.1. The van der Waals surface area contributed by atoms with Gasteiger partial charge in [-0.2, -0.15) is 0 Å². The van der Waals surface area contributed by atoms with Crippen LogP contribution in [-0.4, -0.2) is 62.9 Å². The van der Waals surface area contributed by atoms with Crippen LogP contribution in [0, 0.1) is 0 Å². The maximum absolute atomic E-state index is 11.4. The second kappa shape index (κ2) is 12.3. The van der Waals surface area contributed by atoms with E-state index in [0.29, 0.717) is 12.2 Å². The molecule has 0 aliphatic heterocycles. The summed E-state index contributed by atoms with van der Waals surface area (Å²) in [5.41, 5.74) is 0.354. The number of carbonyl (C=O) groups is 2. The number of nitrogens with zero attached hydrogens (tertiary/aromatic N) is 1. The maximum atomic E-state index is 11.4. The molecule has 0 aromatic heterocycles. The Labute approximate surface area is 127 Å². The van der Waals surface area contributed by atoms with Gasteiger partial charge in [0, 0.05) is 12.1 Å². The summed E-state index contributed by atoms with van der Waals surface area (Å²) in [6, 6.07) is 0. The molecule has 0 aliphatic carbocycles. The highest BCUT2D eigenvalue weighted by Gasteiger charge is 2.05. The van der Waals surface area contributed by atoms with Gasteiger partial charge in [-0.3, -0.25) is 4.79 Å². The third kappa shape index (κ3) is 11.0. The second-order valence-corrected chi connectivity index (χ2v) is 4.53. The van der Waals surface area contributed by atoms with E-state index in [4.69, 9.17) is 14.2 Å². The molecule has 0 heterocycles. The number of rotatable bonds is 12. The number of ether oxygens (including phenoxy) is 3. The quantitative estimate of drug-likeness (QED) is 0.308. The number of carbonyl (C=O) groups excluding carboxylic acids is 2. The van der Waals surface area contributed by atoms with E-state index in [2.05, 4.69) is 25.3 Å². The Bertz CT molecular complexity index is 326. The Hall–Kier alpha value is -1.40. The lowest BCUT2D eigenvalue weighted by Crippen LogP contribution is -2.28. The SMILES string of the molecule is C=C(C)C(=O)OCCOCCC(=O)OCCN(CC)CC. The molecule has 0 radical (unpaired) electrons. The largest absolute Gasteiger partial charge is 0.464 e. The monoisotopic (exact) mass is 301 g/mol. The molecule has 0 spiro atoms. The summed E-state index contributed by atoms with van der Waals surface area (Å²) in [7, 11) is 0. The van der Waals surface area contributed by atoms with Gasteiger partial charge in [0.25, 0.3) is 0 Å². The predicted molar refractivity (Wildman–Crippen MR) is 80.0 cm³/mol. The summed E-state index contributed by atoms with van der Waals surface area (Å²) in [4.78, 5) is 24.6. The summed E-state index contributed by atoms with van der Waals surface area (Å²) >= 11 is 0. The van der Waals surface area contributed by atoms with Crippen molar-refractivity contribution in [1.82, 2.24) is 4.90 Å². The smallest absolute Gasteiger partial charge is 0.333 e. The molecule has 21 heavy (non-hydrogen) atoms. The van der Waals surface area contributed by atoms with Gasteiger partial charge in [-0.05, 0) is 20.0 Å². The van der Waals surface area contributed by atoms with Crippen LogP contribution in [0.5, 0.6) is 0 Å². The van der Waals surface area contributed by atoms with Gasteiger partial charge in [0.05, 0.1) is 19.6 Å². The van der Waals surface area contributed by atoms with E-state index in [1.807, 2.05) is 0 Å². The predicted octanol–water partition coefficient (Wildman–Crippen LogP) is 1.40. The molecule has 0 aromatic rings. The van der Waals surface area contributed by atoms with Crippen molar-refractivity contribution in [3.8, 4) is 0 Å². The summed E-state index contributed by atoms with van der Waals surface area (Å²) in [6.45, 7) is 12.9. The Morgan fingerprint density at radius 2 is 1.67 bits per heavy atom. The first kappa shape index (κ1) is 19.6. The van der Waals surface area contributed by atoms with Crippen molar-refractivity contribution in [1.29, 1.82) is 0 Å². The molecule has 0 bridgehead atoms. The molecule has 0 aliphatic rings. The van der Waals surface area contributed by atoms with E-state index in [1.54, 1.807) is 6.92 Å². The van der Waals surface area contributed by atoms with Crippen LogP contribution in [0.3, 0.4) is 0 Å². The van der Waals surface area contributed by atoms with Gasteiger partial charge in [0.2, 0.25) is 0 Å². The fourth-order valence-corrected chi connectivity index (χ4v) is 1.47. The molecular weight excluding hydrogens is 274 g/mol. The Morgan fingerprint density at radius 1 is 1.00 bits per heavy atom. The number of likely N-dealkylation sites (N-methyl/N-ethyl adjacent to an activating group) is 1. The summed E-state index contributed by atoms with van der Waals surface area (Å²) in [5.74, 6) is -0.713. The zero-order valence-corrected chi connectivity index (χ0v) is 13.4. The average molecular weight is 301 g/mol. The molecule has 6 nitrogen and oxygen atoms in total. The first-order valence-electron chi connectivity index (χ1n) is 7.29. The molecule has 0 saturated heterocycles. The van der Waals surface area contributed by atoms with Crippen molar-refractivity contribution >= 4 is 11.9 Å². The third-order valence-corrected chi connectivity index (χ3v) is 2.82. The number of esters is 2. The van der Waals surface area contributed by atoms with Crippen LogP contribution in [0.4, 0.5) is 0 Å². The molecule has 122 valence electrons. The molecule has 0 fully saturated rings. The molecule has 0 unspecified atom stereocenters. The van der Waals surface area contributed by atoms with E-state index >= 15 is 0 Å². The second-order valence-electron chi connectivity index (χ2n) is 4.53. The van der Waals surface area contributed by atoms with E-state index in [-0.39, 0.29) is 32.2 Å². The minimum absolute atomic E-state index is 0.155. The van der Waals surface area contributed by atoms with Crippen molar-refractivity contribution < 1.29 is 23.8 Å². The minimum Gasteiger partial charge on any atom is -0.464 e. The van der Waals surface area contributed by atoms with E-state index < -0.39 is 5.97 Å². The summed E-state index contributed by atoms with van der Waals surface area (Å²) < 4.78 is 15.1. The van der Waals surface area contributed by atoms with Crippen LogP contribution in [0.1, 0.15) is 27.2 Å². The van der Waals surface area contributed by atoms with Crippen molar-refractivity contribution in [3.05, 3.63) is 12.2 Å². The first-order chi connectivity index (χ1) is 10.0. The Kier molecular flexibility index (Phi) is 11.5. The third-order valence-electron chi connectivity index (χ3n) is 2.82. The van der Waals surface area contributed by atoms with Crippen molar-refractivity contribution in [2.24, 2.45) is 0 Å².